The van der Waals surface area contributed by atoms with Crippen LogP contribution in [0.2, 0.25) is 0 Å². The Bertz CT molecular complexity index is 1360. The first-order valence-corrected chi connectivity index (χ1v) is 14.2. The predicted octanol–water partition coefficient (Wildman–Crippen LogP) is 3.65. The summed E-state index contributed by atoms with van der Waals surface area (Å²) in [5.41, 5.74) is 0.549. The highest BCUT2D eigenvalue weighted by Gasteiger charge is 2.56. The zero-order valence-electron chi connectivity index (χ0n) is 24.3. The van der Waals surface area contributed by atoms with E-state index in [0.29, 0.717) is 16.9 Å². The topological polar surface area (TPSA) is 133 Å². The Balaban J connectivity index is 1.49. The van der Waals surface area contributed by atoms with E-state index in [1.54, 1.807) is 89.4 Å². The molecule has 1 unspecified atom stereocenters. The van der Waals surface area contributed by atoms with E-state index in [0.717, 1.165) is 5.56 Å². The highest BCUT2D eigenvalue weighted by molar-refractivity contribution is 8.00. The molecule has 42 heavy (non-hydrogen) atoms. The first-order valence-electron chi connectivity index (χ1n) is 13.3. The lowest BCUT2D eigenvalue weighted by atomic mass is 10.0. The number of rotatable bonds is 9. The molecule has 0 aliphatic carbocycles. The molecule has 0 spiro atoms. The van der Waals surface area contributed by atoms with Gasteiger partial charge in [-0.15, -0.1) is 0 Å². The summed E-state index contributed by atoms with van der Waals surface area (Å²) in [6, 6.07) is 13.6. The lowest BCUT2D eigenvalue weighted by molar-refractivity contribution is -0.154. The van der Waals surface area contributed by atoms with Gasteiger partial charge in [-0.25, -0.2) is 9.59 Å². The average molecular weight is 598 g/mol. The van der Waals surface area contributed by atoms with Crippen molar-refractivity contribution in [2.75, 3.05) is 14.2 Å². The Hall–Kier alpha value is -4.03. The van der Waals surface area contributed by atoms with Gasteiger partial charge in [0.05, 0.1) is 7.11 Å². The SMILES string of the molecule is COc1ccc(COC(=O)C2=C(C)[C@@H](OC)S[C@H]3[C@@H](NC(=O)C(NC(=O)OC(C)(C)C)c4ccccc4)C(=O)N23)cc1. The summed E-state index contributed by atoms with van der Waals surface area (Å²) in [5, 5.41) is 4.73. The van der Waals surface area contributed by atoms with Crippen molar-refractivity contribution in [1.82, 2.24) is 15.5 Å². The molecule has 2 N–H and O–H groups in total. The van der Waals surface area contributed by atoms with Crippen molar-refractivity contribution in [3.63, 3.8) is 0 Å². The summed E-state index contributed by atoms with van der Waals surface area (Å²) in [7, 11) is 3.06. The molecule has 4 atom stereocenters. The summed E-state index contributed by atoms with van der Waals surface area (Å²) in [6.45, 7) is 6.84. The Morgan fingerprint density at radius 2 is 1.69 bits per heavy atom. The second-order valence-corrected chi connectivity index (χ2v) is 11.9. The summed E-state index contributed by atoms with van der Waals surface area (Å²) in [6.07, 6.45) is -0.778. The van der Waals surface area contributed by atoms with Gasteiger partial charge in [-0.1, -0.05) is 54.2 Å². The van der Waals surface area contributed by atoms with Crippen LogP contribution in [-0.2, 0) is 35.2 Å². The lowest BCUT2D eigenvalue weighted by Gasteiger charge is -2.51. The molecule has 11 nitrogen and oxygen atoms in total. The van der Waals surface area contributed by atoms with Crippen molar-refractivity contribution < 1.29 is 38.1 Å². The quantitative estimate of drug-likeness (QED) is 0.328. The molecular formula is C30H35N3O8S. The molecule has 0 radical (unpaired) electrons. The Morgan fingerprint density at radius 1 is 1.02 bits per heavy atom. The average Bonchev–Trinajstić information content (AvgIpc) is 2.96. The molecule has 2 aliphatic rings. The maximum absolute atomic E-state index is 13.5. The molecule has 4 rings (SSSR count). The number of hydrogen-bond acceptors (Lipinski definition) is 9. The number of nitrogens with zero attached hydrogens (tertiary/aromatic N) is 1. The van der Waals surface area contributed by atoms with Crippen LogP contribution in [0.4, 0.5) is 4.79 Å². The largest absolute Gasteiger partial charge is 0.497 e. The van der Waals surface area contributed by atoms with Crippen molar-refractivity contribution in [2.24, 2.45) is 0 Å². The van der Waals surface area contributed by atoms with Crippen molar-refractivity contribution >= 4 is 35.6 Å². The van der Waals surface area contributed by atoms with Crippen molar-refractivity contribution in [3.05, 3.63) is 77.0 Å². The number of carbonyl (C=O) groups is 4. The Kier molecular flexibility index (Phi) is 9.47. The standard InChI is InChI=1S/C30H35N3O8S/c1-17-23(27(36)40-16-18-12-14-20(38-5)15-13-18)33-25(35)22(26(33)42-28(17)39-6)31-24(34)21(19-10-8-7-9-11-19)32-29(37)41-30(2,3)4/h7-15,21-22,26,28H,16H2,1-6H3,(H,31,34)(H,32,37)/t21?,22-,26-,28-/m0/s1. The fourth-order valence-electron chi connectivity index (χ4n) is 4.54. The number of thioether (sulfide) groups is 1. The highest BCUT2D eigenvalue weighted by Crippen LogP contribution is 2.44. The normalized spacial score (nSPS) is 20.6. The number of ether oxygens (including phenoxy) is 4. The van der Waals surface area contributed by atoms with Crippen LogP contribution in [0.15, 0.2) is 65.9 Å². The van der Waals surface area contributed by atoms with Crippen LogP contribution < -0.4 is 15.4 Å². The van der Waals surface area contributed by atoms with Crippen molar-refractivity contribution in [2.45, 2.75) is 62.8 Å². The van der Waals surface area contributed by atoms with Crippen LogP contribution in [0.3, 0.4) is 0 Å². The van der Waals surface area contributed by atoms with E-state index in [1.807, 2.05) is 0 Å². The summed E-state index contributed by atoms with van der Waals surface area (Å²) >= 11 is 1.29. The molecule has 1 fully saturated rings. The molecule has 3 amide bonds. The molecule has 2 aromatic rings. The first-order chi connectivity index (χ1) is 19.9. The molecule has 1 saturated heterocycles. The van der Waals surface area contributed by atoms with E-state index >= 15 is 0 Å². The maximum Gasteiger partial charge on any atom is 0.408 e. The summed E-state index contributed by atoms with van der Waals surface area (Å²) in [5.74, 6) is -1.08. The van der Waals surface area contributed by atoms with Crippen molar-refractivity contribution in [3.8, 4) is 5.75 Å². The van der Waals surface area contributed by atoms with E-state index in [-0.39, 0.29) is 12.3 Å². The maximum atomic E-state index is 13.5. The van der Waals surface area contributed by atoms with Gasteiger partial charge < -0.3 is 29.6 Å². The fourth-order valence-corrected chi connectivity index (χ4v) is 5.90. The molecule has 2 heterocycles. The smallest absolute Gasteiger partial charge is 0.408 e. The molecule has 12 heteroatoms. The van der Waals surface area contributed by atoms with Crippen LogP contribution in [0.1, 0.15) is 44.9 Å². The monoisotopic (exact) mass is 597 g/mol. The van der Waals surface area contributed by atoms with Crippen LogP contribution in [0, 0.1) is 0 Å². The predicted molar refractivity (Wildman–Crippen MR) is 155 cm³/mol. The molecule has 0 saturated carbocycles. The number of methoxy groups -OCH3 is 2. The van der Waals surface area contributed by atoms with Gasteiger partial charge >= 0.3 is 12.1 Å². The second-order valence-electron chi connectivity index (χ2n) is 10.7. The van der Waals surface area contributed by atoms with Crippen LogP contribution >= 0.6 is 11.8 Å². The summed E-state index contributed by atoms with van der Waals surface area (Å²) < 4.78 is 21.7. The number of carbonyl (C=O) groups excluding carboxylic acids is 4. The minimum absolute atomic E-state index is 0.00759. The number of fused-ring (bicyclic) bond motifs is 1. The molecular weight excluding hydrogens is 562 g/mol. The highest BCUT2D eigenvalue weighted by atomic mass is 32.2. The van der Waals surface area contributed by atoms with E-state index in [2.05, 4.69) is 10.6 Å². The number of nitrogens with one attached hydrogen (secondary N) is 2. The van der Waals surface area contributed by atoms with Crippen LogP contribution in [0.5, 0.6) is 5.75 Å². The molecule has 2 aromatic carbocycles. The third kappa shape index (κ3) is 6.88. The Morgan fingerprint density at radius 3 is 2.29 bits per heavy atom. The van der Waals surface area contributed by atoms with E-state index < -0.39 is 52.4 Å². The second kappa shape index (κ2) is 12.9. The minimum atomic E-state index is -1.12. The van der Waals surface area contributed by atoms with Gasteiger partial charge in [-0.2, -0.15) is 0 Å². The van der Waals surface area contributed by atoms with Gasteiger partial charge in [0.15, 0.2) is 0 Å². The third-order valence-electron chi connectivity index (χ3n) is 6.56. The van der Waals surface area contributed by atoms with Gasteiger partial charge in [0.1, 0.15) is 46.5 Å². The number of benzene rings is 2. The number of esters is 1. The lowest BCUT2D eigenvalue weighted by Crippen LogP contribution is -2.71. The van der Waals surface area contributed by atoms with Gasteiger partial charge in [0, 0.05) is 7.11 Å². The first kappa shape index (κ1) is 30.9. The van der Waals surface area contributed by atoms with Crippen LogP contribution in [0.25, 0.3) is 0 Å². The number of amides is 3. The van der Waals surface area contributed by atoms with Gasteiger partial charge in [0.2, 0.25) is 5.91 Å². The molecule has 0 aromatic heterocycles. The zero-order chi connectivity index (χ0) is 30.6. The van der Waals surface area contributed by atoms with Crippen LogP contribution in [-0.4, -0.2) is 65.4 Å². The van der Waals surface area contributed by atoms with Gasteiger partial charge in [-0.05, 0) is 56.5 Å². The minimum Gasteiger partial charge on any atom is -0.497 e. The number of β-lactam (4-membered cyclic amide) rings is 1. The Labute approximate surface area is 248 Å². The molecule has 224 valence electrons. The zero-order valence-corrected chi connectivity index (χ0v) is 25.2. The van der Waals surface area contributed by atoms with E-state index in [1.165, 1.54) is 23.8 Å². The number of alkyl carbamates (subject to hydrolysis) is 1. The third-order valence-corrected chi connectivity index (χ3v) is 8.12. The van der Waals surface area contributed by atoms with E-state index in [4.69, 9.17) is 18.9 Å². The van der Waals surface area contributed by atoms with Gasteiger partial charge in [-0.3, -0.25) is 14.5 Å². The van der Waals surface area contributed by atoms with E-state index in [9.17, 15) is 19.2 Å². The van der Waals surface area contributed by atoms with Gasteiger partial charge in [0.25, 0.3) is 5.91 Å². The number of hydrogen-bond donors (Lipinski definition) is 2. The fraction of sp³-hybridized carbons (Fsp3) is 0.400. The van der Waals surface area contributed by atoms with Crippen molar-refractivity contribution in [1.29, 1.82) is 0 Å². The summed E-state index contributed by atoms with van der Waals surface area (Å²) in [4.78, 5) is 54.0. The molecule has 0 bridgehead atoms. The molecule has 2 aliphatic heterocycles.